The van der Waals surface area contributed by atoms with E-state index < -0.39 is 10.0 Å². The first kappa shape index (κ1) is 28.0. The number of piperidine rings is 1. The van der Waals surface area contributed by atoms with Crippen LogP contribution in [0.2, 0.25) is 0 Å². The lowest BCUT2D eigenvalue weighted by Crippen LogP contribution is -2.41. The van der Waals surface area contributed by atoms with Crippen LogP contribution in [0.25, 0.3) is 10.2 Å². The van der Waals surface area contributed by atoms with Crippen LogP contribution in [0.5, 0.6) is 5.75 Å². The number of rotatable bonds is 9. The van der Waals surface area contributed by atoms with Gasteiger partial charge in [0.2, 0.25) is 10.0 Å². The Kier molecular flexibility index (Phi) is 8.82. The number of hydrogen-bond acceptors (Lipinski definition) is 8. The number of hydrogen-bond donors (Lipinski definition) is 0. The van der Waals surface area contributed by atoms with Crippen LogP contribution in [0.1, 0.15) is 43.0 Å². The minimum Gasteiger partial charge on any atom is -0.497 e. The summed E-state index contributed by atoms with van der Waals surface area (Å²) in [6.07, 6.45) is 3.56. The molecule has 39 heavy (non-hydrogen) atoms. The highest BCUT2D eigenvalue weighted by molar-refractivity contribution is 7.89. The average Bonchev–Trinajstić information content (AvgIpc) is 3.38. The predicted octanol–water partition coefficient (Wildman–Crippen LogP) is 4.24. The predicted molar refractivity (Wildman–Crippen MR) is 153 cm³/mol. The van der Waals surface area contributed by atoms with Crippen molar-refractivity contribution in [2.24, 2.45) is 0 Å². The first-order valence-electron chi connectivity index (χ1n) is 13.6. The van der Waals surface area contributed by atoms with Crippen molar-refractivity contribution >= 4 is 42.6 Å². The molecule has 1 amide bonds. The van der Waals surface area contributed by atoms with Gasteiger partial charge in [-0.2, -0.15) is 4.31 Å². The number of carbonyl (C=O) groups excluding carboxylic acids is 1. The molecular weight excluding hydrogens is 536 g/mol. The van der Waals surface area contributed by atoms with E-state index >= 15 is 0 Å². The van der Waals surface area contributed by atoms with Crippen LogP contribution >= 0.6 is 11.3 Å². The van der Waals surface area contributed by atoms with Gasteiger partial charge >= 0.3 is 0 Å². The fourth-order valence-corrected chi connectivity index (χ4v) is 7.90. The number of thiazole rings is 1. The second kappa shape index (κ2) is 12.3. The van der Waals surface area contributed by atoms with E-state index in [0.717, 1.165) is 74.5 Å². The molecular formula is C28H36N4O5S2. The highest BCUT2D eigenvalue weighted by Gasteiger charge is 2.31. The van der Waals surface area contributed by atoms with E-state index in [2.05, 4.69) is 4.90 Å². The van der Waals surface area contributed by atoms with Gasteiger partial charge < -0.3 is 9.47 Å². The Bertz CT molecular complexity index is 1390. The Hall–Kier alpha value is -2.57. The van der Waals surface area contributed by atoms with Crippen LogP contribution in [-0.4, -0.2) is 87.6 Å². The molecule has 2 aliphatic heterocycles. The monoisotopic (exact) mass is 572 g/mol. The summed E-state index contributed by atoms with van der Waals surface area (Å²) in [6.45, 7) is 7.08. The molecule has 11 heteroatoms. The summed E-state index contributed by atoms with van der Waals surface area (Å²) in [6, 6.07) is 12.0. The zero-order valence-electron chi connectivity index (χ0n) is 22.5. The minimum absolute atomic E-state index is 0.0234. The van der Waals surface area contributed by atoms with Crippen molar-refractivity contribution in [1.29, 1.82) is 0 Å². The van der Waals surface area contributed by atoms with Gasteiger partial charge in [-0.05, 0) is 68.7 Å². The van der Waals surface area contributed by atoms with Gasteiger partial charge in [0.15, 0.2) is 5.13 Å². The molecule has 9 nitrogen and oxygen atoms in total. The third-order valence-electron chi connectivity index (χ3n) is 7.47. The number of ether oxygens (including phenoxy) is 2. The molecule has 0 radical (unpaired) electrons. The third-order valence-corrected chi connectivity index (χ3v) is 10.5. The molecule has 0 aliphatic carbocycles. The van der Waals surface area contributed by atoms with Crippen molar-refractivity contribution in [3.8, 4) is 5.75 Å². The van der Waals surface area contributed by atoms with Gasteiger partial charge in [0.25, 0.3) is 5.91 Å². The number of carbonyl (C=O) groups is 1. The summed E-state index contributed by atoms with van der Waals surface area (Å²) in [4.78, 5) is 22.9. The van der Waals surface area contributed by atoms with E-state index in [-0.39, 0.29) is 16.8 Å². The van der Waals surface area contributed by atoms with Crippen molar-refractivity contribution in [3.05, 3.63) is 48.0 Å². The van der Waals surface area contributed by atoms with E-state index in [1.54, 1.807) is 40.6 Å². The first-order chi connectivity index (χ1) is 18.9. The van der Waals surface area contributed by atoms with Crippen LogP contribution in [0.15, 0.2) is 47.4 Å². The van der Waals surface area contributed by atoms with Crippen molar-refractivity contribution in [1.82, 2.24) is 14.2 Å². The molecule has 210 valence electrons. The van der Waals surface area contributed by atoms with Crippen LogP contribution in [0.4, 0.5) is 5.13 Å². The molecule has 2 saturated heterocycles. The Balaban J connectivity index is 1.38. The molecule has 1 atom stereocenters. The maximum Gasteiger partial charge on any atom is 0.260 e. The number of aromatic nitrogens is 1. The number of benzene rings is 2. The van der Waals surface area contributed by atoms with Gasteiger partial charge in [0.1, 0.15) is 5.75 Å². The van der Waals surface area contributed by atoms with E-state index in [1.165, 1.54) is 11.3 Å². The lowest BCUT2D eigenvalue weighted by molar-refractivity contribution is 0.0376. The van der Waals surface area contributed by atoms with E-state index in [0.29, 0.717) is 23.8 Å². The van der Waals surface area contributed by atoms with Crippen LogP contribution in [0, 0.1) is 0 Å². The summed E-state index contributed by atoms with van der Waals surface area (Å²) >= 11 is 1.45. The van der Waals surface area contributed by atoms with Gasteiger partial charge in [-0.25, -0.2) is 13.4 Å². The molecule has 5 rings (SSSR count). The quantitative estimate of drug-likeness (QED) is 0.379. The number of anilines is 1. The molecule has 0 spiro atoms. The highest BCUT2D eigenvalue weighted by Crippen LogP contribution is 2.33. The van der Waals surface area contributed by atoms with E-state index in [4.69, 9.17) is 14.5 Å². The molecule has 3 aromatic rings. The molecule has 1 aromatic heterocycles. The van der Waals surface area contributed by atoms with Crippen molar-refractivity contribution in [2.75, 3.05) is 57.9 Å². The maximum atomic E-state index is 13.8. The lowest BCUT2D eigenvalue weighted by atomic mass is 10.1. The largest absolute Gasteiger partial charge is 0.497 e. The Morgan fingerprint density at radius 1 is 1.13 bits per heavy atom. The minimum atomic E-state index is -3.61. The maximum absolute atomic E-state index is 13.8. The molecule has 2 fully saturated rings. The highest BCUT2D eigenvalue weighted by atomic mass is 32.2. The lowest BCUT2D eigenvalue weighted by Gasteiger charge is -2.32. The van der Waals surface area contributed by atoms with Gasteiger partial charge in [-0.1, -0.05) is 17.8 Å². The summed E-state index contributed by atoms with van der Waals surface area (Å²) in [7, 11) is -1.98. The summed E-state index contributed by atoms with van der Waals surface area (Å²) in [5, 5.41) is 0.615. The zero-order chi connectivity index (χ0) is 27.4. The van der Waals surface area contributed by atoms with Gasteiger partial charge in [0, 0.05) is 44.3 Å². The van der Waals surface area contributed by atoms with Gasteiger partial charge in [-0.3, -0.25) is 14.6 Å². The fourth-order valence-electron chi connectivity index (χ4n) is 5.19. The Morgan fingerprint density at radius 2 is 1.90 bits per heavy atom. The fraction of sp³-hybridized carbons (Fsp3) is 0.500. The molecule has 0 saturated carbocycles. The second-order valence-electron chi connectivity index (χ2n) is 10.1. The summed E-state index contributed by atoms with van der Waals surface area (Å²) in [5.74, 6) is 0.543. The number of morpholine rings is 1. The van der Waals surface area contributed by atoms with Crippen molar-refractivity contribution < 1.29 is 22.7 Å². The first-order valence-corrected chi connectivity index (χ1v) is 15.8. The number of methoxy groups -OCH3 is 1. The average molecular weight is 573 g/mol. The smallest absolute Gasteiger partial charge is 0.260 e. The number of sulfonamides is 1. The third kappa shape index (κ3) is 6.28. The second-order valence-corrected chi connectivity index (χ2v) is 13.0. The topological polar surface area (TPSA) is 92.3 Å². The zero-order valence-corrected chi connectivity index (χ0v) is 24.2. The molecule has 2 aromatic carbocycles. The van der Waals surface area contributed by atoms with Gasteiger partial charge in [-0.15, -0.1) is 0 Å². The van der Waals surface area contributed by atoms with Gasteiger partial charge in [0.05, 0.1) is 35.4 Å². The number of nitrogens with zero attached hydrogens (tertiary/aromatic N) is 4. The van der Waals surface area contributed by atoms with E-state index in [1.807, 2.05) is 25.1 Å². The molecule has 1 unspecified atom stereocenters. The van der Waals surface area contributed by atoms with Crippen molar-refractivity contribution in [3.63, 3.8) is 0 Å². The Morgan fingerprint density at radius 3 is 2.62 bits per heavy atom. The standard InChI is InChI=1S/C28H36N4O5S2/c1-21-6-3-4-15-32(21)39(34,35)24-10-7-22(8-11-24)27(33)31(14-5-13-30-16-18-37-19-17-30)28-29-25-12-9-23(36-2)20-26(25)38-28/h7-12,20-21H,3-6,13-19H2,1-2H3. The summed E-state index contributed by atoms with van der Waals surface area (Å²) in [5.41, 5.74) is 1.24. The Labute approximate surface area is 234 Å². The molecule has 3 heterocycles. The molecule has 0 N–H and O–H groups in total. The van der Waals surface area contributed by atoms with E-state index in [9.17, 15) is 13.2 Å². The van der Waals surface area contributed by atoms with Crippen LogP contribution < -0.4 is 9.64 Å². The molecule has 0 bridgehead atoms. The SMILES string of the molecule is COc1ccc2nc(N(CCCN3CCOCC3)C(=O)c3ccc(S(=O)(=O)N4CCCCC4C)cc3)sc2c1. The normalized spacial score (nSPS) is 19.3. The number of amides is 1. The number of fused-ring (bicyclic) bond motifs is 1. The molecule has 2 aliphatic rings. The van der Waals surface area contributed by atoms with Crippen LogP contribution in [-0.2, 0) is 14.8 Å². The van der Waals surface area contributed by atoms with Crippen LogP contribution in [0.3, 0.4) is 0 Å². The van der Waals surface area contributed by atoms with Crippen molar-refractivity contribution in [2.45, 2.75) is 43.5 Å². The summed E-state index contributed by atoms with van der Waals surface area (Å²) < 4.78 is 39.9.